The van der Waals surface area contributed by atoms with Crippen molar-refractivity contribution in [1.82, 2.24) is 4.90 Å². The molecule has 54 valence electrons. The molecular formula is C3H5Br2NO3. The van der Waals surface area contributed by atoms with Crippen molar-refractivity contribution in [2.24, 2.45) is 0 Å². The Balaban J connectivity index is 0. The minimum atomic E-state index is -1.27. The van der Waals surface area contributed by atoms with Crippen LogP contribution in [0.25, 0.3) is 0 Å². The first-order valence-corrected chi connectivity index (χ1v) is 2.51. The number of imide groups is 1. The van der Waals surface area contributed by atoms with Crippen molar-refractivity contribution in [3.63, 3.8) is 0 Å². The zero-order valence-electron chi connectivity index (χ0n) is 4.50. The SMILES string of the molecule is Br.CN(C(=O)O)C(=O)Br. The maximum Gasteiger partial charge on any atom is 0.414 e. The molecule has 0 aromatic rings. The fourth-order valence-corrected chi connectivity index (χ4v) is 0.227. The monoisotopic (exact) mass is 261 g/mol. The van der Waals surface area contributed by atoms with Crippen LogP contribution in [0.5, 0.6) is 0 Å². The first kappa shape index (κ1) is 11.7. The highest BCUT2D eigenvalue weighted by Gasteiger charge is 2.09. The predicted molar refractivity (Wildman–Crippen MR) is 40.4 cm³/mol. The molecule has 0 aliphatic carbocycles. The Hall–Kier alpha value is -0.100. The summed E-state index contributed by atoms with van der Waals surface area (Å²) >= 11 is 2.45. The molecule has 0 bridgehead atoms. The van der Waals surface area contributed by atoms with Crippen LogP contribution in [0.3, 0.4) is 0 Å². The number of carbonyl (C=O) groups is 2. The summed E-state index contributed by atoms with van der Waals surface area (Å²) in [6.07, 6.45) is -1.27. The summed E-state index contributed by atoms with van der Waals surface area (Å²) in [5.74, 6) is 0. The molecule has 0 aliphatic heterocycles. The molecule has 0 rings (SSSR count). The van der Waals surface area contributed by atoms with Crippen molar-refractivity contribution in [3.8, 4) is 0 Å². The normalized spacial score (nSPS) is 7.33. The summed E-state index contributed by atoms with van der Waals surface area (Å²) in [5.41, 5.74) is 0. The van der Waals surface area contributed by atoms with Crippen molar-refractivity contribution in [2.75, 3.05) is 7.05 Å². The maximum atomic E-state index is 10.0. The molecule has 0 saturated heterocycles. The lowest BCUT2D eigenvalue weighted by molar-refractivity contribution is 0.164. The second kappa shape index (κ2) is 4.75. The Morgan fingerprint density at radius 3 is 1.89 bits per heavy atom. The van der Waals surface area contributed by atoms with Gasteiger partial charge in [-0.3, -0.25) is 4.79 Å². The van der Waals surface area contributed by atoms with Gasteiger partial charge in [-0.15, -0.1) is 17.0 Å². The van der Waals surface area contributed by atoms with Crippen molar-refractivity contribution in [2.45, 2.75) is 0 Å². The van der Waals surface area contributed by atoms with Crippen LogP contribution in [0.15, 0.2) is 0 Å². The summed E-state index contributed by atoms with van der Waals surface area (Å²) in [7, 11) is 1.15. The fraction of sp³-hybridized carbons (Fsp3) is 0.333. The highest BCUT2D eigenvalue weighted by atomic mass is 79.9. The maximum absolute atomic E-state index is 10.0. The van der Waals surface area contributed by atoms with E-state index in [1.807, 2.05) is 0 Å². The lowest BCUT2D eigenvalue weighted by Gasteiger charge is -2.03. The van der Waals surface area contributed by atoms with Crippen LogP contribution in [0.1, 0.15) is 0 Å². The van der Waals surface area contributed by atoms with Crippen LogP contribution in [-0.4, -0.2) is 28.0 Å². The molecule has 9 heavy (non-hydrogen) atoms. The van der Waals surface area contributed by atoms with Gasteiger partial charge in [0.05, 0.1) is 0 Å². The second-order valence-electron chi connectivity index (χ2n) is 1.09. The Labute approximate surface area is 70.7 Å². The van der Waals surface area contributed by atoms with Gasteiger partial charge in [0.25, 0.3) is 4.82 Å². The smallest absolute Gasteiger partial charge is 0.414 e. The number of rotatable bonds is 0. The van der Waals surface area contributed by atoms with Gasteiger partial charge >= 0.3 is 6.09 Å². The molecule has 0 spiro atoms. The van der Waals surface area contributed by atoms with Crippen molar-refractivity contribution in [3.05, 3.63) is 0 Å². The molecule has 0 heterocycles. The topological polar surface area (TPSA) is 57.6 Å². The van der Waals surface area contributed by atoms with E-state index in [4.69, 9.17) is 5.11 Å². The summed E-state index contributed by atoms with van der Waals surface area (Å²) in [4.78, 5) is 19.7. The van der Waals surface area contributed by atoms with Crippen LogP contribution in [0.4, 0.5) is 9.59 Å². The zero-order chi connectivity index (χ0) is 6.73. The molecule has 0 saturated carbocycles. The van der Waals surface area contributed by atoms with Gasteiger partial charge in [-0.05, 0) is 0 Å². The third kappa shape index (κ3) is 4.41. The van der Waals surface area contributed by atoms with Crippen LogP contribution >= 0.6 is 32.9 Å². The minimum Gasteiger partial charge on any atom is -0.465 e. The molecule has 2 amide bonds. The lowest BCUT2D eigenvalue weighted by atomic mass is 10.9. The van der Waals surface area contributed by atoms with Crippen LogP contribution < -0.4 is 0 Å². The lowest BCUT2D eigenvalue weighted by Crippen LogP contribution is -2.26. The van der Waals surface area contributed by atoms with Crippen molar-refractivity contribution >= 4 is 43.8 Å². The van der Waals surface area contributed by atoms with E-state index in [0.29, 0.717) is 4.90 Å². The third-order valence-corrected chi connectivity index (χ3v) is 1.08. The Morgan fingerprint density at radius 1 is 1.56 bits per heavy atom. The molecule has 0 aromatic carbocycles. The van der Waals surface area contributed by atoms with E-state index in [0.717, 1.165) is 7.05 Å². The van der Waals surface area contributed by atoms with Crippen molar-refractivity contribution in [1.29, 1.82) is 0 Å². The molecule has 0 atom stereocenters. The quantitative estimate of drug-likeness (QED) is 0.534. The van der Waals surface area contributed by atoms with Crippen molar-refractivity contribution < 1.29 is 14.7 Å². The summed E-state index contributed by atoms with van der Waals surface area (Å²) in [6.45, 7) is 0. The van der Waals surface area contributed by atoms with Gasteiger partial charge in [-0.1, -0.05) is 0 Å². The molecule has 0 aromatic heterocycles. The molecule has 1 N–H and O–H groups in total. The van der Waals surface area contributed by atoms with E-state index in [1.54, 1.807) is 0 Å². The number of carboxylic acid groups (broad SMARTS) is 1. The standard InChI is InChI=1S/C3H4BrNO3.BrH/c1-5(2(4)6)3(7)8;/h1H3,(H,7,8);1H. The van der Waals surface area contributed by atoms with E-state index in [1.165, 1.54) is 0 Å². The number of halogens is 2. The highest BCUT2D eigenvalue weighted by Crippen LogP contribution is 1.93. The summed E-state index contributed by atoms with van der Waals surface area (Å²) in [6, 6.07) is 0. The zero-order valence-corrected chi connectivity index (χ0v) is 7.80. The number of nitrogens with zero attached hydrogens (tertiary/aromatic N) is 1. The number of amides is 2. The van der Waals surface area contributed by atoms with Crippen LogP contribution in [0, 0.1) is 0 Å². The number of carbonyl (C=O) groups excluding carboxylic acids is 1. The number of hydrogen-bond donors (Lipinski definition) is 1. The Kier molecular flexibility index (Phi) is 6.16. The molecular weight excluding hydrogens is 258 g/mol. The van der Waals surface area contributed by atoms with Crippen LogP contribution in [0.2, 0.25) is 0 Å². The molecule has 0 aliphatic rings. The summed E-state index contributed by atoms with van der Waals surface area (Å²) in [5, 5.41) is 8.03. The van der Waals surface area contributed by atoms with Gasteiger partial charge in [0.1, 0.15) is 0 Å². The van der Waals surface area contributed by atoms with E-state index in [9.17, 15) is 9.59 Å². The van der Waals surface area contributed by atoms with Gasteiger partial charge in [0.2, 0.25) is 0 Å². The highest BCUT2D eigenvalue weighted by molar-refractivity contribution is 9.18. The molecule has 0 unspecified atom stereocenters. The van der Waals surface area contributed by atoms with Gasteiger partial charge in [-0.2, -0.15) is 0 Å². The van der Waals surface area contributed by atoms with E-state index in [-0.39, 0.29) is 17.0 Å². The second-order valence-corrected chi connectivity index (χ2v) is 1.77. The van der Waals surface area contributed by atoms with Gasteiger partial charge < -0.3 is 5.11 Å². The molecule has 4 nitrogen and oxygen atoms in total. The number of hydrogen-bond acceptors (Lipinski definition) is 2. The molecule has 0 radical (unpaired) electrons. The Morgan fingerprint density at radius 2 is 1.89 bits per heavy atom. The van der Waals surface area contributed by atoms with Gasteiger partial charge in [-0.25, -0.2) is 9.69 Å². The molecule has 6 heteroatoms. The van der Waals surface area contributed by atoms with Crippen LogP contribution in [-0.2, 0) is 0 Å². The van der Waals surface area contributed by atoms with E-state index in [2.05, 4.69) is 15.9 Å². The average molecular weight is 263 g/mol. The van der Waals surface area contributed by atoms with E-state index >= 15 is 0 Å². The molecule has 0 fully saturated rings. The van der Waals surface area contributed by atoms with E-state index < -0.39 is 10.9 Å². The van der Waals surface area contributed by atoms with Gasteiger partial charge in [0, 0.05) is 23.0 Å². The largest absolute Gasteiger partial charge is 0.465 e. The van der Waals surface area contributed by atoms with Gasteiger partial charge in [0.15, 0.2) is 0 Å². The first-order valence-electron chi connectivity index (χ1n) is 1.72. The third-order valence-electron chi connectivity index (χ3n) is 0.551. The Bertz CT molecular complexity index is 112. The first-order chi connectivity index (χ1) is 3.55. The average Bonchev–Trinajstić information content (AvgIpc) is 1.64. The predicted octanol–water partition coefficient (Wildman–Crippen LogP) is 1.69. The summed E-state index contributed by atoms with van der Waals surface area (Å²) < 4.78 is 0. The minimum absolute atomic E-state index is 0. The fourth-order valence-electron chi connectivity index (χ4n) is 0.0752.